The van der Waals surface area contributed by atoms with Crippen LogP contribution in [-0.2, 0) is 4.79 Å². The lowest BCUT2D eigenvalue weighted by Crippen LogP contribution is -2.29. The average molecular weight is 181 g/mol. The van der Waals surface area contributed by atoms with Gasteiger partial charge in [-0.25, -0.2) is 0 Å². The van der Waals surface area contributed by atoms with Gasteiger partial charge in [0, 0.05) is 20.0 Å². The second kappa shape index (κ2) is 2.73. The van der Waals surface area contributed by atoms with Crippen LogP contribution in [0.2, 0.25) is 0 Å². The zero-order valence-electron chi connectivity index (χ0n) is 8.84. The van der Waals surface area contributed by atoms with Gasteiger partial charge in [0.05, 0.1) is 0 Å². The summed E-state index contributed by atoms with van der Waals surface area (Å²) in [6.45, 7) is 8.38. The van der Waals surface area contributed by atoms with Crippen LogP contribution in [-0.4, -0.2) is 23.9 Å². The summed E-state index contributed by atoms with van der Waals surface area (Å²) in [4.78, 5) is 13.3. The highest BCUT2D eigenvalue weighted by atomic mass is 16.2. The SMILES string of the molecule is CC(=O)N1CC2CC(C)CC2(C)C1. The fourth-order valence-electron chi connectivity index (χ4n) is 3.31. The molecule has 0 radical (unpaired) electrons. The van der Waals surface area contributed by atoms with Crippen LogP contribution in [0.5, 0.6) is 0 Å². The molecule has 1 aliphatic heterocycles. The van der Waals surface area contributed by atoms with E-state index in [4.69, 9.17) is 0 Å². The molecule has 1 heterocycles. The van der Waals surface area contributed by atoms with Crippen molar-refractivity contribution in [3.05, 3.63) is 0 Å². The van der Waals surface area contributed by atoms with Gasteiger partial charge in [-0.1, -0.05) is 13.8 Å². The Morgan fingerprint density at radius 2 is 2.23 bits per heavy atom. The Morgan fingerprint density at radius 1 is 1.54 bits per heavy atom. The number of hydrogen-bond acceptors (Lipinski definition) is 1. The van der Waals surface area contributed by atoms with Crippen LogP contribution in [0.3, 0.4) is 0 Å². The first kappa shape index (κ1) is 9.04. The van der Waals surface area contributed by atoms with Gasteiger partial charge < -0.3 is 4.90 Å². The largest absolute Gasteiger partial charge is 0.342 e. The van der Waals surface area contributed by atoms with Crippen molar-refractivity contribution in [2.45, 2.75) is 33.6 Å². The van der Waals surface area contributed by atoms with Crippen LogP contribution >= 0.6 is 0 Å². The summed E-state index contributed by atoms with van der Waals surface area (Å²) in [6, 6.07) is 0. The van der Waals surface area contributed by atoms with Crippen molar-refractivity contribution in [2.75, 3.05) is 13.1 Å². The fourth-order valence-corrected chi connectivity index (χ4v) is 3.31. The van der Waals surface area contributed by atoms with Gasteiger partial charge in [0.25, 0.3) is 0 Å². The third kappa shape index (κ3) is 1.36. The van der Waals surface area contributed by atoms with Crippen molar-refractivity contribution < 1.29 is 4.79 Å². The minimum Gasteiger partial charge on any atom is -0.342 e. The number of hydrogen-bond donors (Lipinski definition) is 0. The molecular weight excluding hydrogens is 162 g/mol. The number of fused-ring (bicyclic) bond motifs is 1. The molecule has 1 amide bonds. The molecule has 2 aliphatic rings. The molecule has 0 aromatic rings. The lowest BCUT2D eigenvalue weighted by atomic mass is 9.83. The topological polar surface area (TPSA) is 20.3 Å². The first-order chi connectivity index (χ1) is 6.01. The van der Waals surface area contributed by atoms with Crippen LogP contribution < -0.4 is 0 Å². The van der Waals surface area contributed by atoms with E-state index in [1.54, 1.807) is 6.92 Å². The van der Waals surface area contributed by atoms with E-state index in [9.17, 15) is 4.79 Å². The maximum Gasteiger partial charge on any atom is 0.219 e. The molecule has 2 heteroatoms. The Balaban J connectivity index is 2.10. The third-order valence-corrected chi connectivity index (χ3v) is 3.93. The standard InChI is InChI=1S/C11H19NO/c1-8-4-10-6-12(9(2)13)7-11(10,3)5-8/h8,10H,4-7H2,1-3H3. The highest BCUT2D eigenvalue weighted by Crippen LogP contribution is 2.50. The Labute approximate surface area is 80.3 Å². The molecule has 13 heavy (non-hydrogen) atoms. The highest BCUT2D eigenvalue weighted by molar-refractivity contribution is 5.73. The van der Waals surface area contributed by atoms with Gasteiger partial charge >= 0.3 is 0 Å². The average Bonchev–Trinajstić information content (AvgIpc) is 2.38. The molecular formula is C11H19NO. The second-order valence-corrected chi connectivity index (χ2v) is 5.30. The Kier molecular flexibility index (Phi) is 1.90. The predicted molar refractivity (Wildman–Crippen MR) is 52.2 cm³/mol. The first-order valence-electron chi connectivity index (χ1n) is 5.27. The predicted octanol–water partition coefficient (Wildman–Crippen LogP) is 1.90. The van der Waals surface area contributed by atoms with Gasteiger partial charge in [-0.2, -0.15) is 0 Å². The first-order valence-corrected chi connectivity index (χ1v) is 5.27. The molecule has 0 bridgehead atoms. The molecule has 1 aliphatic carbocycles. The summed E-state index contributed by atoms with van der Waals surface area (Å²) in [7, 11) is 0. The fraction of sp³-hybridized carbons (Fsp3) is 0.909. The molecule has 2 nitrogen and oxygen atoms in total. The highest BCUT2D eigenvalue weighted by Gasteiger charge is 2.48. The van der Waals surface area contributed by atoms with Crippen LogP contribution in [0.1, 0.15) is 33.6 Å². The third-order valence-electron chi connectivity index (χ3n) is 3.93. The van der Waals surface area contributed by atoms with E-state index < -0.39 is 0 Å². The molecule has 0 aromatic carbocycles. The van der Waals surface area contributed by atoms with Crippen molar-refractivity contribution in [3.8, 4) is 0 Å². The van der Waals surface area contributed by atoms with Crippen molar-refractivity contribution in [1.82, 2.24) is 4.90 Å². The monoisotopic (exact) mass is 181 g/mol. The normalized spacial score (nSPS) is 43.8. The summed E-state index contributed by atoms with van der Waals surface area (Å²) in [5.74, 6) is 1.89. The summed E-state index contributed by atoms with van der Waals surface area (Å²) < 4.78 is 0. The molecule has 3 unspecified atom stereocenters. The number of carbonyl (C=O) groups is 1. The summed E-state index contributed by atoms with van der Waals surface area (Å²) >= 11 is 0. The Morgan fingerprint density at radius 3 is 2.77 bits per heavy atom. The van der Waals surface area contributed by atoms with E-state index in [1.807, 2.05) is 4.90 Å². The molecule has 74 valence electrons. The summed E-state index contributed by atoms with van der Waals surface area (Å²) in [5.41, 5.74) is 0.436. The molecule has 3 atom stereocenters. The maximum absolute atomic E-state index is 11.2. The van der Waals surface area contributed by atoms with E-state index in [-0.39, 0.29) is 5.91 Å². The van der Waals surface area contributed by atoms with E-state index in [0.29, 0.717) is 5.41 Å². The van der Waals surface area contributed by atoms with Gasteiger partial charge in [-0.3, -0.25) is 4.79 Å². The molecule has 0 spiro atoms. The molecule has 0 aromatic heterocycles. The number of carbonyl (C=O) groups excluding carboxylic acids is 1. The maximum atomic E-state index is 11.2. The lowest BCUT2D eigenvalue weighted by molar-refractivity contribution is -0.128. The minimum atomic E-state index is 0.253. The van der Waals surface area contributed by atoms with Crippen LogP contribution in [0, 0.1) is 17.3 Å². The summed E-state index contributed by atoms with van der Waals surface area (Å²) in [5, 5.41) is 0. The van der Waals surface area contributed by atoms with Gasteiger partial charge in [0.15, 0.2) is 0 Å². The molecule has 1 saturated carbocycles. The van der Waals surface area contributed by atoms with Crippen molar-refractivity contribution in [1.29, 1.82) is 0 Å². The minimum absolute atomic E-state index is 0.253. The van der Waals surface area contributed by atoms with Gasteiger partial charge in [0.2, 0.25) is 5.91 Å². The van der Waals surface area contributed by atoms with E-state index in [2.05, 4.69) is 13.8 Å². The van der Waals surface area contributed by atoms with E-state index in [1.165, 1.54) is 12.8 Å². The van der Waals surface area contributed by atoms with Crippen LogP contribution in [0.4, 0.5) is 0 Å². The zero-order valence-corrected chi connectivity index (χ0v) is 8.84. The molecule has 2 fully saturated rings. The quantitative estimate of drug-likeness (QED) is 0.559. The van der Waals surface area contributed by atoms with Crippen LogP contribution in [0.25, 0.3) is 0 Å². The number of nitrogens with zero attached hydrogens (tertiary/aromatic N) is 1. The summed E-state index contributed by atoms with van der Waals surface area (Å²) in [6.07, 6.45) is 2.63. The Bertz CT molecular complexity index is 238. The van der Waals surface area contributed by atoms with E-state index in [0.717, 1.165) is 24.9 Å². The number of likely N-dealkylation sites (tertiary alicyclic amines) is 1. The Hall–Kier alpha value is -0.530. The number of amides is 1. The van der Waals surface area contributed by atoms with Gasteiger partial charge in [-0.05, 0) is 30.1 Å². The van der Waals surface area contributed by atoms with Crippen molar-refractivity contribution in [2.24, 2.45) is 17.3 Å². The molecule has 1 saturated heterocycles. The van der Waals surface area contributed by atoms with Crippen LogP contribution in [0.15, 0.2) is 0 Å². The second-order valence-electron chi connectivity index (χ2n) is 5.30. The van der Waals surface area contributed by atoms with Crippen molar-refractivity contribution >= 4 is 5.91 Å². The van der Waals surface area contributed by atoms with E-state index >= 15 is 0 Å². The lowest BCUT2D eigenvalue weighted by Gasteiger charge is -2.23. The molecule has 2 rings (SSSR count). The number of rotatable bonds is 0. The van der Waals surface area contributed by atoms with Gasteiger partial charge in [-0.15, -0.1) is 0 Å². The van der Waals surface area contributed by atoms with Crippen molar-refractivity contribution in [3.63, 3.8) is 0 Å². The molecule has 0 N–H and O–H groups in total. The smallest absolute Gasteiger partial charge is 0.219 e. The zero-order chi connectivity index (χ0) is 9.64. The van der Waals surface area contributed by atoms with Gasteiger partial charge in [0.1, 0.15) is 0 Å².